The molecule has 0 fully saturated rings. The van der Waals surface area contributed by atoms with Crippen molar-refractivity contribution in [3.63, 3.8) is 0 Å². The van der Waals surface area contributed by atoms with Gasteiger partial charge in [-0.2, -0.15) is 10.4 Å². The first kappa shape index (κ1) is 14.6. The first-order valence-electron chi connectivity index (χ1n) is 6.58. The molecule has 2 rings (SSSR count). The second-order valence-corrected chi connectivity index (χ2v) is 4.85. The molecular formula is C15H17N5O. The number of hydrogen-bond acceptors (Lipinski definition) is 3. The molecule has 1 atom stereocenters. The first-order chi connectivity index (χ1) is 9.99. The Bertz CT molecular complexity index is 681. The number of nitrogens with zero attached hydrogens (tertiary/aromatic N) is 3. The van der Waals surface area contributed by atoms with Crippen LogP contribution >= 0.6 is 0 Å². The maximum absolute atomic E-state index is 12.0. The van der Waals surface area contributed by atoms with Gasteiger partial charge in [0, 0.05) is 13.1 Å². The van der Waals surface area contributed by atoms with Gasteiger partial charge in [-0.25, -0.2) is 4.79 Å². The third kappa shape index (κ3) is 3.60. The highest BCUT2D eigenvalue weighted by atomic mass is 16.2. The van der Waals surface area contributed by atoms with Gasteiger partial charge in [0.2, 0.25) is 0 Å². The van der Waals surface area contributed by atoms with E-state index in [9.17, 15) is 4.79 Å². The zero-order chi connectivity index (χ0) is 15.4. The van der Waals surface area contributed by atoms with Crippen molar-refractivity contribution in [3.05, 3.63) is 47.2 Å². The lowest BCUT2D eigenvalue weighted by Crippen LogP contribution is -2.31. The van der Waals surface area contributed by atoms with Gasteiger partial charge in [-0.1, -0.05) is 12.1 Å². The highest BCUT2D eigenvalue weighted by Gasteiger charge is 2.11. The molecule has 2 amide bonds. The Morgan fingerprint density at radius 3 is 2.57 bits per heavy atom. The van der Waals surface area contributed by atoms with Crippen LogP contribution in [0.15, 0.2) is 30.3 Å². The number of carbonyl (C=O) groups is 1. The van der Waals surface area contributed by atoms with Gasteiger partial charge >= 0.3 is 6.03 Å². The van der Waals surface area contributed by atoms with Crippen molar-refractivity contribution >= 4 is 11.8 Å². The van der Waals surface area contributed by atoms with Crippen LogP contribution in [-0.4, -0.2) is 15.8 Å². The minimum absolute atomic E-state index is 0.160. The smallest absolute Gasteiger partial charge is 0.320 e. The molecule has 1 aromatic heterocycles. The molecule has 1 heterocycles. The molecule has 0 unspecified atom stereocenters. The second-order valence-electron chi connectivity index (χ2n) is 4.85. The number of nitriles is 1. The maximum atomic E-state index is 12.0. The SMILES string of the molecule is Cc1cc(NC(=O)N[C@@H](C)c2ccc(C#N)cc2)n(C)n1. The van der Waals surface area contributed by atoms with Gasteiger partial charge < -0.3 is 5.32 Å². The number of carbonyl (C=O) groups excluding carboxylic acids is 1. The summed E-state index contributed by atoms with van der Waals surface area (Å²) in [6, 6.07) is 10.5. The summed E-state index contributed by atoms with van der Waals surface area (Å²) >= 11 is 0. The van der Waals surface area contributed by atoms with Crippen molar-refractivity contribution in [2.45, 2.75) is 19.9 Å². The summed E-state index contributed by atoms with van der Waals surface area (Å²) in [4.78, 5) is 12.0. The van der Waals surface area contributed by atoms with Crippen LogP contribution in [0, 0.1) is 18.3 Å². The molecule has 0 bridgehead atoms. The van der Waals surface area contributed by atoms with Crippen molar-refractivity contribution in [3.8, 4) is 6.07 Å². The summed E-state index contributed by atoms with van der Waals surface area (Å²) in [5.74, 6) is 0.636. The number of hydrogen-bond donors (Lipinski definition) is 2. The number of rotatable bonds is 3. The molecule has 2 N–H and O–H groups in total. The van der Waals surface area contributed by atoms with Gasteiger partial charge in [-0.3, -0.25) is 10.00 Å². The van der Waals surface area contributed by atoms with Crippen LogP contribution in [0.2, 0.25) is 0 Å². The first-order valence-corrected chi connectivity index (χ1v) is 6.58. The predicted octanol–water partition coefficient (Wildman–Crippen LogP) is 2.48. The highest BCUT2D eigenvalue weighted by molar-refractivity contribution is 5.88. The van der Waals surface area contributed by atoms with Crippen LogP contribution in [0.3, 0.4) is 0 Å². The molecule has 0 radical (unpaired) electrons. The minimum Gasteiger partial charge on any atom is -0.331 e. The normalized spacial score (nSPS) is 11.5. The van der Waals surface area contributed by atoms with E-state index in [1.54, 1.807) is 29.9 Å². The van der Waals surface area contributed by atoms with Gasteiger partial charge in [0.15, 0.2) is 0 Å². The van der Waals surface area contributed by atoms with E-state index < -0.39 is 0 Å². The van der Waals surface area contributed by atoms with E-state index in [-0.39, 0.29) is 12.1 Å². The fourth-order valence-electron chi connectivity index (χ4n) is 2.01. The van der Waals surface area contributed by atoms with E-state index in [4.69, 9.17) is 5.26 Å². The summed E-state index contributed by atoms with van der Waals surface area (Å²) < 4.78 is 1.61. The van der Waals surface area contributed by atoms with Gasteiger partial charge in [0.25, 0.3) is 0 Å². The number of amides is 2. The van der Waals surface area contributed by atoms with Crippen molar-refractivity contribution in [1.29, 1.82) is 5.26 Å². The lowest BCUT2D eigenvalue weighted by Gasteiger charge is -2.15. The summed E-state index contributed by atoms with van der Waals surface area (Å²) in [6.45, 7) is 3.75. The zero-order valence-electron chi connectivity index (χ0n) is 12.2. The Morgan fingerprint density at radius 2 is 2.05 bits per heavy atom. The van der Waals surface area contributed by atoms with Crippen molar-refractivity contribution in [2.75, 3.05) is 5.32 Å². The van der Waals surface area contributed by atoms with Crippen LogP contribution in [0.1, 0.15) is 29.8 Å². The molecule has 2 aromatic rings. The summed E-state index contributed by atoms with van der Waals surface area (Å²) in [5, 5.41) is 18.5. The third-order valence-corrected chi connectivity index (χ3v) is 3.13. The quantitative estimate of drug-likeness (QED) is 0.907. The van der Waals surface area contributed by atoms with Crippen LogP contribution in [0.25, 0.3) is 0 Å². The van der Waals surface area contributed by atoms with Gasteiger partial charge in [-0.15, -0.1) is 0 Å². The Labute approximate surface area is 123 Å². The van der Waals surface area contributed by atoms with Crippen LogP contribution in [-0.2, 0) is 7.05 Å². The Morgan fingerprint density at radius 1 is 1.38 bits per heavy atom. The fraction of sp³-hybridized carbons (Fsp3) is 0.267. The molecule has 108 valence electrons. The minimum atomic E-state index is -0.296. The molecule has 0 saturated carbocycles. The lowest BCUT2D eigenvalue weighted by atomic mass is 10.1. The Kier molecular flexibility index (Phi) is 4.24. The average molecular weight is 283 g/mol. The standard InChI is InChI=1S/C15H17N5O/c1-10-8-14(20(3)19-10)18-15(21)17-11(2)13-6-4-12(9-16)5-7-13/h4-8,11H,1-3H3,(H2,17,18,21)/t11-/m0/s1. The molecule has 0 aliphatic carbocycles. The largest absolute Gasteiger partial charge is 0.331 e. The van der Waals surface area contributed by atoms with Crippen molar-refractivity contribution in [1.82, 2.24) is 15.1 Å². The molecule has 6 heteroatoms. The molecular weight excluding hydrogens is 266 g/mol. The number of anilines is 1. The van der Waals surface area contributed by atoms with Crippen molar-refractivity contribution < 1.29 is 4.79 Å². The number of nitrogens with one attached hydrogen (secondary N) is 2. The topological polar surface area (TPSA) is 82.7 Å². The summed E-state index contributed by atoms with van der Waals surface area (Å²) in [5.41, 5.74) is 2.37. The maximum Gasteiger partial charge on any atom is 0.320 e. The fourth-order valence-corrected chi connectivity index (χ4v) is 2.01. The number of urea groups is 1. The zero-order valence-corrected chi connectivity index (χ0v) is 12.2. The highest BCUT2D eigenvalue weighted by Crippen LogP contribution is 2.14. The monoisotopic (exact) mass is 283 g/mol. The van der Waals surface area contributed by atoms with E-state index in [1.807, 2.05) is 26.0 Å². The van der Waals surface area contributed by atoms with Crippen LogP contribution < -0.4 is 10.6 Å². The third-order valence-electron chi connectivity index (χ3n) is 3.13. The molecule has 21 heavy (non-hydrogen) atoms. The number of aryl methyl sites for hydroxylation is 2. The molecule has 6 nitrogen and oxygen atoms in total. The molecule has 0 aliphatic heterocycles. The Balaban J connectivity index is 1.98. The molecule has 0 saturated heterocycles. The van der Waals surface area contributed by atoms with Gasteiger partial charge in [-0.05, 0) is 31.5 Å². The van der Waals surface area contributed by atoms with Gasteiger partial charge in [0.05, 0.1) is 23.4 Å². The van der Waals surface area contributed by atoms with Gasteiger partial charge in [0.1, 0.15) is 5.82 Å². The number of aromatic nitrogens is 2. The lowest BCUT2D eigenvalue weighted by molar-refractivity contribution is 0.249. The van der Waals surface area contributed by atoms with E-state index in [0.717, 1.165) is 11.3 Å². The molecule has 0 spiro atoms. The summed E-state index contributed by atoms with van der Waals surface area (Å²) in [6.07, 6.45) is 0. The van der Waals surface area contributed by atoms with E-state index >= 15 is 0 Å². The van der Waals surface area contributed by atoms with Crippen molar-refractivity contribution in [2.24, 2.45) is 7.05 Å². The number of benzene rings is 1. The van der Waals surface area contributed by atoms with Crippen LogP contribution in [0.5, 0.6) is 0 Å². The van der Waals surface area contributed by atoms with E-state index in [1.165, 1.54) is 0 Å². The summed E-state index contributed by atoms with van der Waals surface area (Å²) in [7, 11) is 1.77. The Hall–Kier alpha value is -2.81. The average Bonchev–Trinajstić information content (AvgIpc) is 2.76. The second kappa shape index (κ2) is 6.09. The predicted molar refractivity (Wildman–Crippen MR) is 79.7 cm³/mol. The van der Waals surface area contributed by atoms with E-state index in [0.29, 0.717) is 11.4 Å². The molecule has 0 aliphatic rings. The molecule has 1 aromatic carbocycles. The van der Waals surface area contributed by atoms with E-state index in [2.05, 4.69) is 21.8 Å². The van der Waals surface area contributed by atoms with Crippen LogP contribution in [0.4, 0.5) is 10.6 Å².